The molecule has 0 radical (unpaired) electrons. The summed E-state index contributed by atoms with van der Waals surface area (Å²) in [4.78, 5) is 22.9. The van der Waals surface area contributed by atoms with Crippen molar-refractivity contribution in [3.63, 3.8) is 0 Å². The average Bonchev–Trinajstić information content (AvgIpc) is 3.02. The molecule has 1 aliphatic heterocycles. The largest absolute Gasteiger partial charge is 0.479 e. The van der Waals surface area contributed by atoms with Crippen molar-refractivity contribution in [2.75, 3.05) is 13.2 Å². The molecule has 22 heavy (non-hydrogen) atoms. The van der Waals surface area contributed by atoms with E-state index in [4.69, 9.17) is 14.9 Å². The average molecular weight is 307 g/mol. The summed E-state index contributed by atoms with van der Waals surface area (Å²) >= 11 is 0. The van der Waals surface area contributed by atoms with E-state index in [0.29, 0.717) is 25.8 Å². The van der Waals surface area contributed by atoms with Crippen molar-refractivity contribution in [3.05, 3.63) is 35.9 Å². The first-order valence-corrected chi connectivity index (χ1v) is 7.43. The Bertz CT molecular complexity index is 505. The lowest BCUT2D eigenvalue weighted by Crippen LogP contribution is -2.37. The zero-order valence-corrected chi connectivity index (χ0v) is 12.3. The molecular formula is C16H21NO5. The minimum absolute atomic E-state index is 0.0202. The number of aliphatic carboxylic acids is 1. The van der Waals surface area contributed by atoms with E-state index in [1.807, 2.05) is 30.3 Å². The number of carboxylic acid groups (broad SMARTS) is 1. The molecule has 0 aromatic heterocycles. The molecule has 6 heteroatoms. The second-order valence-electron chi connectivity index (χ2n) is 5.39. The van der Waals surface area contributed by atoms with Gasteiger partial charge in [-0.25, -0.2) is 4.79 Å². The molecule has 1 amide bonds. The van der Waals surface area contributed by atoms with Crippen LogP contribution in [-0.2, 0) is 14.3 Å². The Morgan fingerprint density at radius 1 is 1.23 bits per heavy atom. The predicted octanol–water partition coefficient (Wildman–Crippen LogP) is 0.901. The van der Waals surface area contributed by atoms with Crippen LogP contribution in [0.4, 0.5) is 0 Å². The number of amides is 1. The van der Waals surface area contributed by atoms with E-state index >= 15 is 0 Å². The maximum Gasteiger partial charge on any atom is 0.332 e. The molecule has 1 aliphatic rings. The monoisotopic (exact) mass is 307 g/mol. The molecule has 0 saturated carbocycles. The summed E-state index contributed by atoms with van der Waals surface area (Å²) in [6.45, 7) is 0.428. The van der Waals surface area contributed by atoms with Gasteiger partial charge in [-0.2, -0.15) is 0 Å². The van der Waals surface area contributed by atoms with E-state index in [9.17, 15) is 9.59 Å². The number of hydrogen-bond donors (Lipinski definition) is 3. The van der Waals surface area contributed by atoms with Crippen LogP contribution in [0.2, 0.25) is 0 Å². The summed E-state index contributed by atoms with van der Waals surface area (Å²) in [7, 11) is 0. The van der Waals surface area contributed by atoms with E-state index in [0.717, 1.165) is 5.56 Å². The number of benzene rings is 1. The molecule has 3 N–H and O–H groups in total. The van der Waals surface area contributed by atoms with Crippen molar-refractivity contribution < 1.29 is 24.5 Å². The zero-order chi connectivity index (χ0) is 15.9. The molecule has 0 bridgehead atoms. The Kier molecular flexibility index (Phi) is 5.91. The van der Waals surface area contributed by atoms with Crippen LogP contribution < -0.4 is 5.32 Å². The van der Waals surface area contributed by atoms with Gasteiger partial charge in [-0.1, -0.05) is 30.3 Å². The summed E-state index contributed by atoms with van der Waals surface area (Å²) in [5, 5.41) is 20.8. The number of nitrogens with one attached hydrogen (secondary N) is 1. The Balaban J connectivity index is 1.87. The van der Waals surface area contributed by atoms with Gasteiger partial charge < -0.3 is 20.3 Å². The number of rotatable bonds is 7. The van der Waals surface area contributed by atoms with E-state index in [-0.39, 0.29) is 18.4 Å². The fraction of sp³-hybridized carbons (Fsp3) is 0.500. The first-order valence-electron chi connectivity index (χ1n) is 7.43. The third kappa shape index (κ3) is 4.29. The second-order valence-corrected chi connectivity index (χ2v) is 5.39. The molecular weight excluding hydrogens is 286 g/mol. The molecule has 2 rings (SSSR count). The minimum atomic E-state index is -1.03. The van der Waals surface area contributed by atoms with Crippen molar-refractivity contribution in [2.24, 2.45) is 0 Å². The summed E-state index contributed by atoms with van der Waals surface area (Å²) in [5.74, 6) is -1.30. The van der Waals surface area contributed by atoms with E-state index < -0.39 is 18.2 Å². The lowest BCUT2D eigenvalue weighted by Gasteiger charge is -2.18. The van der Waals surface area contributed by atoms with Gasteiger partial charge >= 0.3 is 5.97 Å². The van der Waals surface area contributed by atoms with Crippen LogP contribution >= 0.6 is 0 Å². The molecule has 1 fully saturated rings. The van der Waals surface area contributed by atoms with Gasteiger partial charge in [0, 0.05) is 19.1 Å². The highest BCUT2D eigenvalue weighted by atomic mass is 16.5. The standard InChI is InChI=1S/C16H21NO5/c18-9-8-12(11-4-2-1-3-5-11)10-17-15(19)13-6-7-14(22-13)16(20)21/h1-5,12-14,18H,6-10H2,(H,17,19)(H,20,21)/t12?,13-,14+/m0/s1. The van der Waals surface area contributed by atoms with E-state index in [1.165, 1.54) is 0 Å². The molecule has 1 unspecified atom stereocenters. The number of aliphatic hydroxyl groups excluding tert-OH is 1. The lowest BCUT2D eigenvalue weighted by atomic mass is 9.96. The van der Waals surface area contributed by atoms with Crippen molar-refractivity contribution in [1.29, 1.82) is 0 Å². The van der Waals surface area contributed by atoms with Crippen LogP contribution in [0.15, 0.2) is 30.3 Å². The number of carbonyl (C=O) groups excluding carboxylic acids is 1. The van der Waals surface area contributed by atoms with Gasteiger partial charge in [-0.15, -0.1) is 0 Å². The van der Waals surface area contributed by atoms with Crippen LogP contribution in [-0.4, -0.2) is 47.4 Å². The minimum Gasteiger partial charge on any atom is -0.479 e. The van der Waals surface area contributed by atoms with Gasteiger partial charge in [0.2, 0.25) is 5.91 Å². The van der Waals surface area contributed by atoms with Crippen LogP contribution in [0.25, 0.3) is 0 Å². The number of aliphatic hydroxyl groups is 1. The van der Waals surface area contributed by atoms with Crippen molar-refractivity contribution in [3.8, 4) is 0 Å². The Morgan fingerprint density at radius 3 is 2.50 bits per heavy atom. The predicted molar refractivity (Wildman–Crippen MR) is 79.4 cm³/mol. The van der Waals surface area contributed by atoms with Crippen molar-refractivity contribution in [2.45, 2.75) is 37.4 Å². The number of carbonyl (C=O) groups is 2. The third-order valence-electron chi connectivity index (χ3n) is 3.86. The van der Waals surface area contributed by atoms with Gasteiger partial charge in [0.25, 0.3) is 0 Å². The maximum absolute atomic E-state index is 12.1. The van der Waals surface area contributed by atoms with E-state index in [1.54, 1.807) is 0 Å². The fourth-order valence-electron chi connectivity index (χ4n) is 2.62. The molecule has 0 spiro atoms. The summed E-state index contributed by atoms with van der Waals surface area (Å²) in [5.41, 5.74) is 1.05. The number of hydrogen-bond acceptors (Lipinski definition) is 4. The normalized spacial score (nSPS) is 22.2. The Morgan fingerprint density at radius 2 is 1.91 bits per heavy atom. The molecule has 1 aromatic carbocycles. The first-order chi connectivity index (χ1) is 10.6. The smallest absolute Gasteiger partial charge is 0.332 e. The summed E-state index contributed by atoms with van der Waals surface area (Å²) in [6, 6.07) is 9.66. The van der Waals surface area contributed by atoms with Crippen LogP contribution in [0, 0.1) is 0 Å². The Hall–Kier alpha value is -1.92. The molecule has 1 saturated heterocycles. The van der Waals surface area contributed by atoms with Gasteiger partial charge in [-0.3, -0.25) is 4.79 Å². The second kappa shape index (κ2) is 7.91. The lowest BCUT2D eigenvalue weighted by molar-refractivity contribution is -0.151. The topological polar surface area (TPSA) is 95.9 Å². The van der Waals surface area contributed by atoms with Crippen LogP contribution in [0.3, 0.4) is 0 Å². The molecule has 1 aromatic rings. The quantitative estimate of drug-likeness (QED) is 0.695. The molecule has 6 nitrogen and oxygen atoms in total. The highest BCUT2D eigenvalue weighted by molar-refractivity contribution is 5.82. The number of ether oxygens (including phenoxy) is 1. The first kappa shape index (κ1) is 16.5. The van der Waals surface area contributed by atoms with Gasteiger partial charge in [-0.05, 0) is 24.8 Å². The van der Waals surface area contributed by atoms with Gasteiger partial charge in [0.1, 0.15) is 6.10 Å². The van der Waals surface area contributed by atoms with Crippen molar-refractivity contribution in [1.82, 2.24) is 5.32 Å². The summed E-state index contributed by atoms with van der Waals surface area (Å²) < 4.78 is 5.22. The van der Waals surface area contributed by atoms with Crippen LogP contribution in [0.5, 0.6) is 0 Å². The fourth-order valence-corrected chi connectivity index (χ4v) is 2.62. The van der Waals surface area contributed by atoms with E-state index in [2.05, 4.69) is 5.32 Å². The highest BCUT2D eigenvalue weighted by Gasteiger charge is 2.34. The molecule has 120 valence electrons. The maximum atomic E-state index is 12.1. The zero-order valence-electron chi connectivity index (χ0n) is 12.3. The molecule has 0 aliphatic carbocycles. The van der Waals surface area contributed by atoms with Gasteiger partial charge in [0.15, 0.2) is 6.10 Å². The highest BCUT2D eigenvalue weighted by Crippen LogP contribution is 2.21. The van der Waals surface area contributed by atoms with Crippen molar-refractivity contribution >= 4 is 11.9 Å². The molecule has 3 atom stereocenters. The summed E-state index contributed by atoms with van der Waals surface area (Å²) in [6.07, 6.45) is -0.275. The number of carboxylic acids is 1. The van der Waals surface area contributed by atoms with Crippen LogP contribution in [0.1, 0.15) is 30.7 Å². The SMILES string of the molecule is O=C(NCC(CCO)c1ccccc1)[C@@H]1CC[C@H](C(=O)O)O1. The Labute approximate surface area is 129 Å². The van der Waals surface area contributed by atoms with Gasteiger partial charge in [0.05, 0.1) is 0 Å². The molecule has 1 heterocycles. The third-order valence-corrected chi connectivity index (χ3v) is 3.86.